The highest BCUT2D eigenvalue weighted by atomic mass is 35.5. The minimum absolute atomic E-state index is 0.231. The predicted molar refractivity (Wildman–Crippen MR) is 59.1 cm³/mol. The minimum atomic E-state index is -0.901. The van der Waals surface area contributed by atoms with E-state index in [9.17, 15) is 0 Å². The average Bonchev–Trinajstić information content (AvgIpc) is 2.67. The summed E-state index contributed by atoms with van der Waals surface area (Å²) in [6, 6.07) is 5.18. The summed E-state index contributed by atoms with van der Waals surface area (Å²) in [5.74, 6) is -0.901. The molecule has 0 aliphatic carbocycles. The third-order valence-electron chi connectivity index (χ3n) is 2.36. The fourth-order valence-electron chi connectivity index (χ4n) is 1.64. The fourth-order valence-corrected chi connectivity index (χ4v) is 2.19. The zero-order chi connectivity index (χ0) is 10.9. The van der Waals surface area contributed by atoms with Crippen molar-refractivity contribution in [3.8, 4) is 0 Å². The number of benzene rings is 1. The maximum atomic E-state index is 6.08. The van der Waals surface area contributed by atoms with E-state index in [2.05, 4.69) is 0 Å². The molecule has 0 unspecified atom stereocenters. The van der Waals surface area contributed by atoms with Gasteiger partial charge in [-0.3, -0.25) is 0 Å². The molecule has 82 valence electrons. The van der Waals surface area contributed by atoms with Crippen LogP contribution in [0.15, 0.2) is 18.2 Å². The van der Waals surface area contributed by atoms with Crippen molar-refractivity contribution in [2.24, 2.45) is 5.73 Å². The summed E-state index contributed by atoms with van der Waals surface area (Å²) in [4.78, 5) is 0. The Bertz CT molecular complexity index is 364. The molecular weight excluding hydrogens is 237 g/mol. The van der Waals surface area contributed by atoms with Crippen molar-refractivity contribution in [3.05, 3.63) is 33.8 Å². The van der Waals surface area contributed by atoms with E-state index in [1.165, 1.54) is 0 Å². The van der Waals surface area contributed by atoms with Gasteiger partial charge in [0, 0.05) is 10.6 Å². The van der Waals surface area contributed by atoms with Gasteiger partial charge in [-0.15, -0.1) is 0 Å². The number of hydrogen-bond donors (Lipinski definition) is 1. The van der Waals surface area contributed by atoms with Crippen LogP contribution < -0.4 is 5.73 Å². The summed E-state index contributed by atoms with van der Waals surface area (Å²) in [5.41, 5.74) is 6.40. The largest absolute Gasteiger partial charge is 0.342 e. The van der Waals surface area contributed by atoms with Crippen molar-refractivity contribution < 1.29 is 9.47 Å². The maximum absolute atomic E-state index is 6.08. The SMILES string of the molecule is NCC1(c2ccc(Cl)cc2Cl)OCCO1. The third-order valence-corrected chi connectivity index (χ3v) is 2.91. The number of halogens is 2. The topological polar surface area (TPSA) is 44.5 Å². The molecule has 0 radical (unpaired) electrons. The second-order valence-electron chi connectivity index (χ2n) is 3.28. The molecule has 3 nitrogen and oxygen atoms in total. The molecule has 0 saturated carbocycles. The molecule has 1 fully saturated rings. The van der Waals surface area contributed by atoms with Gasteiger partial charge in [0.25, 0.3) is 0 Å². The second kappa shape index (κ2) is 4.28. The maximum Gasteiger partial charge on any atom is 0.209 e. The Morgan fingerprint density at radius 3 is 2.47 bits per heavy atom. The lowest BCUT2D eigenvalue weighted by Crippen LogP contribution is -2.36. The first kappa shape index (κ1) is 11.2. The second-order valence-corrected chi connectivity index (χ2v) is 4.12. The van der Waals surface area contributed by atoms with Crippen LogP contribution in [-0.2, 0) is 15.3 Å². The average molecular weight is 248 g/mol. The molecule has 1 aromatic carbocycles. The summed E-state index contributed by atoms with van der Waals surface area (Å²) in [5, 5.41) is 1.09. The first-order chi connectivity index (χ1) is 7.18. The molecule has 0 bridgehead atoms. The summed E-state index contributed by atoms with van der Waals surface area (Å²) >= 11 is 11.9. The highest BCUT2D eigenvalue weighted by Gasteiger charge is 2.38. The van der Waals surface area contributed by atoms with Gasteiger partial charge in [0.15, 0.2) is 0 Å². The van der Waals surface area contributed by atoms with E-state index in [0.29, 0.717) is 23.3 Å². The van der Waals surface area contributed by atoms with Crippen LogP contribution in [0.25, 0.3) is 0 Å². The molecule has 5 heteroatoms. The Morgan fingerprint density at radius 2 is 1.93 bits per heavy atom. The van der Waals surface area contributed by atoms with Gasteiger partial charge in [-0.1, -0.05) is 29.3 Å². The van der Waals surface area contributed by atoms with E-state index in [0.717, 1.165) is 5.56 Å². The quantitative estimate of drug-likeness (QED) is 0.872. The van der Waals surface area contributed by atoms with Crippen LogP contribution in [0.1, 0.15) is 5.56 Å². The van der Waals surface area contributed by atoms with Crippen molar-refractivity contribution >= 4 is 23.2 Å². The van der Waals surface area contributed by atoms with Crippen LogP contribution in [0, 0.1) is 0 Å². The normalized spacial score (nSPS) is 19.4. The number of ether oxygens (including phenoxy) is 2. The van der Waals surface area contributed by atoms with Gasteiger partial charge in [-0.05, 0) is 12.1 Å². The van der Waals surface area contributed by atoms with Gasteiger partial charge in [0.2, 0.25) is 5.79 Å². The molecule has 1 heterocycles. The molecule has 0 spiro atoms. The van der Waals surface area contributed by atoms with Crippen LogP contribution in [0.5, 0.6) is 0 Å². The van der Waals surface area contributed by atoms with Gasteiger partial charge < -0.3 is 15.2 Å². The summed E-state index contributed by atoms with van der Waals surface area (Å²) in [6.07, 6.45) is 0. The molecule has 1 aliphatic rings. The summed E-state index contributed by atoms with van der Waals surface area (Å²) in [7, 11) is 0. The smallest absolute Gasteiger partial charge is 0.209 e. The molecule has 1 aromatic rings. The van der Waals surface area contributed by atoms with E-state index < -0.39 is 5.79 Å². The van der Waals surface area contributed by atoms with E-state index in [-0.39, 0.29) is 6.54 Å². The molecule has 2 N–H and O–H groups in total. The Labute approximate surface area is 98.1 Å². The fraction of sp³-hybridized carbons (Fsp3) is 0.400. The van der Waals surface area contributed by atoms with E-state index in [1.807, 2.05) is 0 Å². The van der Waals surface area contributed by atoms with Gasteiger partial charge in [0.1, 0.15) is 0 Å². The Hall–Kier alpha value is -0.320. The van der Waals surface area contributed by atoms with Crippen LogP contribution in [-0.4, -0.2) is 19.8 Å². The molecule has 0 aromatic heterocycles. The van der Waals surface area contributed by atoms with Crippen molar-refractivity contribution in [2.75, 3.05) is 19.8 Å². The van der Waals surface area contributed by atoms with Crippen molar-refractivity contribution in [1.82, 2.24) is 0 Å². The predicted octanol–water partition coefficient (Wildman–Crippen LogP) is 2.15. The van der Waals surface area contributed by atoms with Gasteiger partial charge in [0.05, 0.1) is 24.8 Å². The van der Waals surface area contributed by atoms with Crippen molar-refractivity contribution in [3.63, 3.8) is 0 Å². The standard InChI is InChI=1S/C10H11Cl2NO2/c11-7-1-2-8(9(12)5-7)10(6-13)14-3-4-15-10/h1-2,5H,3-4,6,13H2. The first-order valence-corrected chi connectivity index (χ1v) is 5.37. The molecule has 1 aliphatic heterocycles. The van der Waals surface area contributed by atoms with E-state index in [4.69, 9.17) is 38.4 Å². The monoisotopic (exact) mass is 247 g/mol. The van der Waals surface area contributed by atoms with Crippen LogP contribution >= 0.6 is 23.2 Å². The van der Waals surface area contributed by atoms with E-state index >= 15 is 0 Å². The lowest BCUT2D eigenvalue weighted by molar-refractivity contribution is -0.156. The molecule has 1 saturated heterocycles. The molecule has 0 atom stereocenters. The molecule has 0 amide bonds. The zero-order valence-electron chi connectivity index (χ0n) is 8.00. The lowest BCUT2D eigenvalue weighted by atomic mass is 10.1. The van der Waals surface area contributed by atoms with E-state index in [1.54, 1.807) is 18.2 Å². The highest BCUT2D eigenvalue weighted by Crippen LogP contribution is 2.36. The molecule has 2 rings (SSSR count). The minimum Gasteiger partial charge on any atom is -0.342 e. The highest BCUT2D eigenvalue weighted by molar-refractivity contribution is 6.35. The zero-order valence-corrected chi connectivity index (χ0v) is 9.52. The van der Waals surface area contributed by atoms with Crippen LogP contribution in [0.4, 0.5) is 0 Å². The van der Waals surface area contributed by atoms with Gasteiger partial charge in [-0.2, -0.15) is 0 Å². The number of hydrogen-bond acceptors (Lipinski definition) is 3. The Kier molecular flexibility index (Phi) is 3.19. The number of rotatable bonds is 2. The lowest BCUT2D eigenvalue weighted by Gasteiger charge is -2.26. The van der Waals surface area contributed by atoms with Gasteiger partial charge >= 0.3 is 0 Å². The van der Waals surface area contributed by atoms with Gasteiger partial charge in [-0.25, -0.2) is 0 Å². The van der Waals surface area contributed by atoms with Crippen LogP contribution in [0.3, 0.4) is 0 Å². The number of nitrogens with two attached hydrogens (primary N) is 1. The Morgan fingerprint density at radius 1 is 1.27 bits per heavy atom. The molecular formula is C10H11Cl2NO2. The van der Waals surface area contributed by atoms with Crippen molar-refractivity contribution in [1.29, 1.82) is 0 Å². The summed E-state index contributed by atoms with van der Waals surface area (Å²) < 4.78 is 11.0. The first-order valence-electron chi connectivity index (χ1n) is 4.61. The molecule has 15 heavy (non-hydrogen) atoms. The summed E-state index contributed by atoms with van der Waals surface area (Å²) in [6.45, 7) is 1.28. The Balaban J connectivity index is 2.42. The van der Waals surface area contributed by atoms with Crippen molar-refractivity contribution in [2.45, 2.75) is 5.79 Å². The third kappa shape index (κ3) is 1.98. The van der Waals surface area contributed by atoms with Crippen LogP contribution in [0.2, 0.25) is 10.0 Å².